The molecule has 1 unspecified atom stereocenters. The summed E-state index contributed by atoms with van der Waals surface area (Å²) >= 11 is 0. The topological polar surface area (TPSA) is 128 Å². The molecule has 1 aliphatic heterocycles. The maximum absolute atomic E-state index is 12.1. The minimum absolute atomic E-state index is 0.00699. The van der Waals surface area contributed by atoms with E-state index in [9.17, 15) is 20.2 Å². The van der Waals surface area contributed by atoms with Crippen molar-refractivity contribution in [1.29, 1.82) is 5.26 Å². The highest BCUT2D eigenvalue weighted by Crippen LogP contribution is 2.42. The lowest BCUT2D eigenvalue weighted by Gasteiger charge is -2.26. The van der Waals surface area contributed by atoms with E-state index < -0.39 is 16.8 Å². The zero-order valence-corrected chi connectivity index (χ0v) is 12.4. The minimum Gasteiger partial charge on any atom is -0.466 e. The second-order valence-electron chi connectivity index (χ2n) is 4.70. The van der Waals surface area contributed by atoms with E-state index in [4.69, 9.17) is 15.2 Å². The van der Waals surface area contributed by atoms with Gasteiger partial charge < -0.3 is 15.2 Å². The Morgan fingerprint density at radius 2 is 2.13 bits per heavy atom. The predicted molar refractivity (Wildman–Crippen MR) is 78.5 cm³/mol. The van der Waals surface area contributed by atoms with Gasteiger partial charge >= 0.3 is 5.97 Å². The molecular weight excluding hydrogens is 302 g/mol. The number of hydrogen-bond donors (Lipinski definition) is 1. The average Bonchev–Trinajstić information content (AvgIpc) is 2.53. The van der Waals surface area contributed by atoms with E-state index >= 15 is 0 Å². The summed E-state index contributed by atoms with van der Waals surface area (Å²) in [6, 6.07) is 7.69. The van der Waals surface area contributed by atoms with Crippen LogP contribution in [0.3, 0.4) is 0 Å². The molecule has 2 rings (SSSR count). The van der Waals surface area contributed by atoms with Crippen LogP contribution in [0, 0.1) is 21.4 Å². The molecule has 0 radical (unpaired) electrons. The van der Waals surface area contributed by atoms with Crippen LogP contribution in [0.2, 0.25) is 0 Å². The number of nitrogens with zero attached hydrogens (tertiary/aromatic N) is 2. The number of ether oxygens (including phenoxy) is 2. The first-order valence-corrected chi connectivity index (χ1v) is 6.52. The molecule has 23 heavy (non-hydrogen) atoms. The molecule has 0 bridgehead atoms. The van der Waals surface area contributed by atoms with Crippen LogP contribution in [0.25, 0.3) is 0 Å². The summed E-state index contributed by atoms with van der Waals surface area (Å²) < 4.78 is 9.94. The standard InChI is InChI=1S/C15H13N3O5/c1-8-12(15(19)22-2)13(10(7-16)14(17)23-8)9-5-3-4-6-11(9)18(20)21/h3-6,13H,17H2,1-2H3. The van der Waals surface area contributed by atoms with E-state index in [2.05, 4.69) is 0 Å². The molecule has 118 valence electrons. The number of methoxy groups -OCH3 is 1. The molecule has 1 aromatic rings. The lowest BCUT2D eigenvalue weighted by Crippen LogP contribution is -2.25. The highest BCUT2D eigenvalue weighted by molar-refractivity contribution is 5.92. The van der Waals surface area contributed by atoms with Crippen molar-refractivity contribution in [2.24, 2.45) is 5.73 Å². The maximum atomic E-state index is 12.1. The van der Waals surface area contributed by atoms with E-state index in [0.29, 0.717) is 0 Å². The average molecular weight is 315 g/mol. The van der Waals surface area contributed by atoms with Gasteiger partial charge in [-0.1, -0.05) is 18.2 Å². The first-order valence-electron chi connectivity index (χ1n) is 6.52. The number of hydrogen-bond acceptors (Lipinski definition) is 7. The summed E-state index contributed by atoms with van der Waals surface area (Å²) in [4.78, 5) is 22.8. The third-order valence-corrected chi connectivity index (χ3v) is 3.46. The number of carbonyl (C=O) groups excluding carboxylic acids is 1. The fourth-order valence-corrected chi connectivity index (χ4v) is 2.46. The number of esters is 1. The Kier molecular flexibility index (Phi) is 4.32. The van der Waals surface area contributed by atoms with Gasteiger partial charge in [0.15, 0.2) is 0 Å². The molecule has 0 fully saturated rings. The molecule has 0 spiro atoms. The van der Waals surface area contributed by atoms with Gasteiger partial charge in [0, 0.05) is 11.6 Å². The third-order valence-electron chi connectivity index (χ3n) is 3.46. The highest BCUT2D eigenvalue weighted by Gasteiger charge is 2.39. The van der Waals surface area contributed by atoms with Crippen LogP contribution in [0.1, 0.15) is 18.4 Å². The molecule has 2 N–H and O–H groups in total. The van der Waals surface area contributed by atoms with Crippen molar-refractivity contribution < 1.29 is 19.2 Å². The van der Waals surface area contributed by atoms with Crippen molar-refractivity contribution in [3.63, 3.8) is 0 Å². The summed E-state index contributed by atoms with van der Waals surface area (Å²) in [5, 5.41) is 20.6. The molecule has 8 heteroatoms. The Labute approximate surface area is 131 Å². The van der Waals surface area contributed by atoms with Crippen LogP contribution < -0.4 is 5.73 Å². The molecule has 0 saturated carbocycles. The molecule has 0 aliphatic carbocycles. The minimum atomic E-state index is -1.03. The fourth-order valence-electron chi connectivity index (χ4n) is 2.46. The van der Waals surface area contributed by atoms with Crippen molar-refractivity contribution in [1.82, 2.24) is 0 Å². The number of nitro groups is 1. The van der Waals surface area contributed by atoms with Crippen molar-refractivity contribution >= 4 is 11.7 Å². The zero-order chi connectivity index (χ0) is 17.1. The van der Waals surface area contributed by atoms with Gasteiger partial charge in [0.1, 0.15) is 17.4 Å². The van der Waals surface area contributed by atoms with E-state index in [1.807, 2.05) is 6.07 Å². The number of benzene rings is 1. The molecule has 1 atom stereocenters. The molecule has 8 nitrogen and oxygen atoms in total. The Morgan fingerprint density at radius 1 is 1.48 bits per heavy atom. The second kappa shape index (κ2) is 6.19. The van der Waals surface area contributed by atoms with Crippen LogP contribution in [-0.2, 0) is 14.3 Å². The van der Waals surface area contributed by atoms with Crippen LogP contribution in [0.15, 0.2) is 47.1 Å². The largest absolute Gasteiger partial charge is 0.466 e. The smallest absolute Gasteiger partial charge is 0.338 e. The Balaban J connectivity index is 2.77. The van der Waals surface area contributed by atoms with Crippen molar-refractivity contribution in [3.8, 4) is 6.07 Å². The number of allylic oxidation sites excluding steroid dienone is 2. The third kappa shape index (κ3) is 2.72. The van der Waals surface area contributed by atoms with E-state index in [-0.39, 0.29) is 34.0 Å². The van der Waals surface area contributed by atoms with Crippen molar-refractivity contribution in [3.05, 3.63) is 62.7 Å². The monoisotopic (exact) mass is 315 g/mol. The Morgan fingerprint density at radius 3 is 2.70 bits per heavy atom. The van der Waals surface area contributed by atoms with Gasteiger partial charge in [-0.15, -0.1) is 0 Å². The van der Waals surface area contributed by atoms with Gasteiger partial charge in [-0.05, 0) is 6.92 Å². The maximum Gasteiger partial charge on any atom is 0.338 e. The normalized spacial score (nSPS) is 17.3. The van der Waals surface area contributed by atoms with Gasteiger partial charge in [-0.2, -0.15) is 5.26 Å². The van der Waals surface area contributed by atoms with Gasteiger partial charge in [-0.3, -0.25) is 10.1 Å². The summed E-state index contributed by atoms with van der Waals surface area (Å²) in [5.41, 5.74) is 5.58. The summed E-state index contributed by atoms with van der Waals surface area (Å²) in [6.45, 7) is 1.48. The lowest BCUT2D eigenvalue weighted by molar-refractivity contribution is -0.385. The summed E-state index contributed by atoms with van der Waals surface area (Å²) in [7, 11) is 1.17. The van der Waals surface area contributed by atoms with E-state index in [1.165, 1.54) is 32.2 Å². The van der Waals surface area contributed by atoms with Crippen LogP contribution in [-0.4, -0.2) is 18.0 Å². The number of nitrogens with two attached hydrogens (primary N) is 1. The summed E-state index contributed by atoms with van der Waals surface area (Å²) in [5.74, 6) is -1.83. The number of carbonyl (C=O) groups is 1. The molecule has 0 aromatic heterocycles. The first-order chi connectivity index (χ1) is 10.9. The van der Waals surface area contributed by atoms with Crippen LogP contribution in [0.5, 0.6) is 0 Å². The van der Waals surface area contributed by atoms with Gasteiger partial charge in [0.2, 0.25) is 5.88 Å². The van der Waals surface area contributed by atoms with Crippen LogP contribution >= 0.6 is 0 Å². The highest BCUT2D eigenvalue weighted by atomic mass is 16.6. The molecule has 0 amide bonds. The number of nitriles is 1. The summed E-state index contributed by atoms with van der Waals surface area (Å²) in [6.07, 6.45) is 0. The van der Waals surface area contributed by atoms with Gasteiger partial charge in [0.05, 0.1) is 23.5 Å². The van der Waals surface area contributed by atoms with Gasteiger partial charge in [-0.25, -0.2) is 4.79 Å². The lowest BCUT2D eigenvalue weighted by atomic mass is 9.82. The fraction of sp³-hybridized carbons (Fsp3) is 0.200. The molecular formula is C15H13N3O5. The Bertz CT molecular complexity index is 789. The molecule has 1 aromatic carbocycles. The second-order valence-corrected chi connectivity index (χ2v) is 4.70. The number of nitro benzene ring substituents is 1. The van der Waals surface area contributed by atoms with Gasteiger partial charge in [0.25, 0.3) is 5.69 Å². The SMILES string of the molecule is COC(=O)C1=C(C)OC(N)=C(C#N)C1c1ccccc1[N+](=O)[O-]. The number of para-hydroxylation sites is 1. The van der Waals surface area contributed by atoms with Crippen molar-refractivity contribution in [2.45, 2.75) is 12.8 Å². The first kappa shape index (κ1) is 16.0. The van der Waals surface area contributed by atoms with Crippen LogP contribution in [0.4, 0.5) is 5.69 Å². The van der Waals surface area contributed by atoms with E-state index in [0.717, 1.165) is 0 Å². The van der Waals surface area contributed by atoms with E-state index in [1.54, 1.807) is 6.07 Å². The zero-order valence-electron chi connectivity index (χ0n) is 12.4. The molecule has 1 heterocycles. The Hall–Kier alpha value is -3.34. The predicted octanol–water partition coefficient (Wildman–Crippen LogP) is 1.85. The molecule has 1 aliphatic rings. The molecule has 0 saturated heterocycles. The quantitative estimate of drug-likeness (QED) is 0.512. The van der Waals surface area contributed by atoms with Crippen molar-refractivity contribution in [2.75, 3.05) is 7.11 Å². The number of rotatable bonds is 3.